The molecule has 3 heterocycles. The Bertz CT molecular complexity index is 1230. The molecule has 162 valence electrons. The van der Waals surface area contributed by atoms with Crippen molar-refractivity contribution in [2.45, 2.75) is 23.5 Å². The SMILES string of the molecule is Cn1cnc(S(=O)(=O)N2CC[C@H]3[C@H](CO)Nc4ccc(-c5ccc(F)cc5)cc4[C@H]32)c1. The van der Waals surface area contributed by atoms with Crippen molar-refractivity contribution >= 4 is 15.7 Å². The molecular formula is C22H23FN4O3S. The molecule has 1 fully saturated rings. The second-order valence-corrected chi connectivity index (χ2v) is 9.97. The molecule has 3 aromatic rings. The van der Waals surface area contributed by atoms with E-state index in [1.54, 1.807) is 23.7 Å². The molecule has 0 saturated carbocycles. The minimum atomic E-state index is -3.80. The number of aryl methyl sites for hydroxylation is 1. The Morgan fingerprint density at radius 3 is 2.61 bits per heavy atom. The third-order valence-electron chi connectivity index (χ3n) is 6.26. The number of aliphatic hydroxyl groups is 1. The zero-order chi connectivity index (χ0) is 21.8. The standard InChI is InChI=1S/C22H23FN4O3S/c1-26-11-21(24-13-26)31(29,30)27-9-8-17-20(12-28)25-19-7-4-15(10-18(19)22(17)27)14-2-5-16(23)6-3-14/h2-7,10-11,13,17,20,22,25,28H,8-9,12H2,1H3/t17-,20-,22-/m0/s1. The Morgan fingerprint density at radius 1 is 1.19 bits per heavy atom. The zero-order valence-electron chi connectivity index (χ0n) is 16.9. The molecule has 0 amide bonds. The molecule has 3 atom stereocenters. The van der Waals surface area contributed by atoms with E-state index in [1.165, 1.54) is 29.0 Å². The van der Waals surface area contributed by atoms with Gasteiger partial charge in [0.1, 0.15) is 5.82 Å². The monoisotopic (exact) mass is 442 g/mol. The molecule has 0 aliphatic carbocycles. The van der Waals surface area contributed by atoms with Gasteiger partial charge in [-0.15, -0.1) is 0 Å². The van der Waals surface area contributed by atoms with Crippen LogP contribution in [0.25, 0.3) is 11.1 Å². The summed E-state index contributed by atoms with van der Waals surface area (Å²) in [6.45, 7) is 0.268. The van der Waals surface area contributed by atoms with Crippen LogP contribution in [0.15, 0.2) is 60.0 Å². The predicted octanol–water partition coefficient (Wildman–Crippen LogP) is 2.76. The zero-order valence-corrected chi connectivity index (χ0v) is 17.8. The first-order valence-electron chi connectivity index (χ1n) is 10.2. The van der Waals surface area contributed by atoms with Crippen LogP contribution in [0.2, 0.25) is 0 Å². The van der Waals surface area contributed by atoms with Crippen LogP contribution in [0, 0.1) is 11.7 Å². The highest BCUT2D eigenvalue weighted by atomic mass is 32.2. The first-order chi connectivity index (χ1) is 14.9. The lowest BCUT2D eigenvalue weighted by atomic mass is 9.82. The number of nitrogens with one attached hydrogen (secondary N) is 1. The minimum Gasteiger partial charge on any atom is -0.394 e. The van der Waals surface area contributed by atoms with E-state index < -0.39 is 16.1 Å². The maximum atomic E-state index is 13.4. The summed E-state index contributed by atoms with van der Waals surface area (Å²) in [6.07, 6.45) is 3.61. The lowest BCUT2D eigenvalue weighted by Crippen LogP contribution is -2.42. The van der Waals surface area contributed by atoms with Gasteiger partial charge in [0.15, 0.2) is 5.03 Å². The molecule has 2 aromatic carbocycles. The third-order valence-corrected chi connectivity index (χ3v) is 8.02. The van der Waals surface area contributed by atoms with Crippen molar-refractivity contribution < 1.29 is 17.9 Å². The smallest absolute Gasteiger partial charge is 0.262 e. The van der Waals surface area contributed by atoms with Gasteiger partial charge in [-0.3, -0.25) is 0 Å². The molecule has 1 aromatic heterocycles. The van der Waals surface area contributed by atoms with Gasteiger partial charge >= 0.3 is 0 Å². The maximum absolute atomic E-state index is 13.4. The number of hydrogen-bond donors (Lipinski definition) is 2. The molecule has 2 aliphatic rings. The fourth-order valence-electron chi connectivity index (χ4n) is 4.75. The summed E-state index contributed by atoms with van der Waals surface area (Å²) < 4.78 is 43.3. The molecular weight excluding hydrogens is 419 g/mol. The van der Waals surface area contributed by atoms with Crippen molar-refractivity contribution in [3.63, 3.8) is 0 Å². The van der Waals surface area contributed by atoms with E-state index in [1.807, 2.05) is 18.2 Å². The van der Waals surface area contributed by atoms with Gasteiger partial charge in [-0.05, 0) is 47.4 Å². The number of nitrogens with zero attached hydrogens (tertiary/aromatic N) is 3. The van der Waals surface area contributed by atoms with E-state index in [9.17, 15) is 17.9 Å². The number of hydrogen-bond acceptors (Lipinski definition) is 5. The topological polar surface area (TPSA) is 87.5 Å². The fourth-order valence-corrected chi connectivity index (χ4v) is 6.39. The highest BCUT2D eigenvalue weighted by Crippen LogP contribution is 2.49. The molecule has 9 heteroatoms. The van der Waals surface area contributed by atoms with Crippen molar-refractivity contribution in [1.29, 1.82) is 0 Å². The maximum Gasteiger partial charge on any atom is 0.262 e. The summed E-state index contributed by atoms with van der Waals surface area (Å²) in [4.78, 5) is 4.07. The molecule has 2 aliphatic heterocycles. The van der Waals surface area contributed by atoms with Crippen LogP contribution < -0.4 is 5.32 Å². The predicted molar refractivity (Wildman–Crippen MR) is 114 cm³/mol. The van der Waals surface area contributed by atoms with Gasteiger partial charge < -0.3 is 15.0 Å². The van der Waals surface area contributed by atoms with E-state index >= 15 is 0 Å². The molecule has 5 rings (SSSR count). The second-order valence-electron chi connectivity index (χ2n) is 8.13. The molecule has 0 bridgehead atoms. The van der Waals surface area contributed by atoms with Gasteiger partial charge in [-0.25, -0.2) is 17.8 Å². The summed E-state index contributed by atoms with van der Waals surface area (Å²) in [5, 5.41) is 13.3. The Hall–Kier alpha value is -2.75. The molecule has 0 radical (unpaired) electrons. The number of halogens is 1. The van der Waals surface area contributed by atoms with E-state index in [0.29, 0.717) is 13.0 Å². The summed E-state index contributed by atoms with van der Waals surface area (Å²) in [5.74, 6) is -0.378. The highest BCUT2D eigenvalue weighted by Gasteiger charge is 2.49. The number of rotatable bonds is 4. The van der Waals surface area contributed by atoms with Crippen LogP contribution in [0.3, 0.4) is 0 Å². The first kappa shape index (κ1) is 20.2. The third kappa shape index (κ3) is 3.33. The number of aromatic nitrogens is 2. The summed E-state index contributed by atoms with van der Waals surface area (Å²) in [5.41, 5.74) is 3.38. The molecule has 31 heavy (non-hydrogen) atoms. The minimum absolute atomic E-state index is 0.0194. The van der Waals surface area contributed by atoms with Crippen LogP contribution in [0.1, 0.15) is 18.0 Å². The Kier molecular flexibility index (Phi) is 4.84. The molecule has 0 unspecified atom stereocenters. The van der Waals surface area contributed by atoms with E-state index in [2.05, 4.69) is 10.3 Å². The average Bonchev–Trinajstić information content (AvgIpc) is 3.41. The van der Waals surface area contributed by atoms with Crippen LogP contribution >= 0.6 is 0 Å². The van der Waals surface area contributed by atoms with Crippen molar-refractivity contribution in [3.8, 4) is 11.1 Å². The number of fused-ring (bicyclic) bond motifs is 3. The lowest BCUT2D eigenvalue weighted by Gasteiger charge is -2.38. The number of aliphatic hydroxyl groups excluding tert-OH is 1. The Morgan fingerprint density at radius 2 is 1.94 bits per heavy atom. The largest absolute Gasteiger partial charge is 0.394 e. The van der Waals surface area contributed by atoms with Gasteiger partial charge in [0.2, 0.25) is 0 Å². The quantitative estimate of drug-likeness (QED) is 0.649. The van der Waals surface area contributed by atoms with Crippen LogP contribution in [0.4, 0.5) is 10.1 Å². The molecule has 2 N–H and O–H groups in total. The molecule has 7 nitrogen and oxygen atoms in total. The van der Waals surface area contributed by atoms with Crippen molar-refractivity contribution in [1.82, 2.24) is 13.9 Å². The Labute approximate surface area is 180 Å². The number of imidazole rings is 1. The van der Waals surface area contributed by atoms with Gasteiger partial charge in [0, 0.05) is 31.4 Å². The van der Waals surface area contributed by atoms with Gasteiger partial charge in [-0.2, -0.15) is 4.31 Å². The second kappa shape index (κ2) is 7.44. The van der Waals surface area contributed by atoms with Crippen molar-refractivity contribution in [3.05, 3.63) is 66.4 Å². The van der Waals surface area contributed by atoms with E-state index in [4.69, 9.17) is 0 Å². The van der Waals surface area contributed by atoms with Crippen LogP contribution in [-0.2, 0) is 17.1 Å². The summed E-state index contributed by atoms with van der Waals surface area (Å²) in [6, 6.07) is 11.4. The van der Waals surface area contributed by atoms with Gasteiger partial charge in [0.25, 0.3) is 10.0 Å². The fraction of sp³-hybridized carbons (Fsp3) is 0.318. The number of benzene rings is 2. The van der Waals surface area contributed by atoms with Crippen LogP contribution in [-0.4, -0.2) is 46.6 Å². The van der Waals surface area contributed by atoms with Crippen molar-refractivity contribution in [2.75, 3.05) is 18.5 Å². The van der Waals surface area contributed by atoms with Gasteiger partial charge in [0.05, 0.1) is 25.0 Å². The van der Waals surface area contributed by atoms with E-state index in [0.717, 1.165) is 22.4 Å². The number of sulfonamides is 1. The molecule has 0 spiro atoms. The summed E-state index contributed by atoms with van der Waals surface area (Å²) in [7, 11) is -2.07. The molecule has 1 saturated heterocycles. The first-order valence-corrected chi connectivity index (χ1v) is 11.6. The van der Waals surface area contributed by atoms with Gasteiger partial charge in [-0.1, -0.05) is 18.2 Å². The van der Waals surface area contributed by atoms with Crippen molar-refractivity contribution in [2.24, 2.45) is 13.0 Å². The Balaban J connectivity index is 1.61. The number of anilines is 1. The lowest BCUT2D eigenvalue weighted by molar-refractivity contribution is 0.210. The summed E-state index contributed by atoms with van der Waals surface area (Å²) >= 11 is 0. The average molecular weight is 443 g/mol. The highest BCUT2D eigenvalue weighted by molar-refractivity contribution is 7.89. The normalized spacial score (nSPS) is 23.3. The van der Waals surface area contributed by atoms with E-state index in [-0.39, 0.29) is 29.4 Å². The van der Waals surface area contributed by atoms with Crippen LogP contribution in [0.5, 0.6) is 0 Å².